The summed E-state index contributed by atoms with van der Waals surface area (Å²) in [4.78, 5) is 0.639. The fourth-order valence-electron chi connectivity index (χ4n) is 1.96. The van der Waals surface area contributed by atoms with E-state index in [9.17, 15) is 8.42 Å². The van der Waals surface area contributed by atoms with Crippen LogP contribution in [-0.2, 0) is 21.4 Å². The van der Waals surface area contributed by atoms with Crippen molar-refractivity contribution in [2.45, 2.75) is 42.7 Å². The van der Waals surface area contributed by atoms with E-state index in [4.69, 9.17) is 9.84 Å². The van der Waals surface area contributed by atoms with Crippen LogP contribution < -0.4 is 4.72 Å². The van der Waals surface area contributed by atoms with E-state index in [1.165, 1.54) is 6.07 Å². The van der Waals surface area contributed by atoms with E-state index in [-0.39, 0.29) is 23.0 Å². The Balaban J connectivity index is 2.06. The average Bonchev–Trinajstić information content (AvgIpc) is 3.00. The minimum absolute atomic E-state index is 0.0444. The lowest BCUT2D eigenvalue weighted by Crippen LogP contribution is -2.40. The molecule has 1 aromatic rings. The molecule has 0 aliphatic carbocycles. The normalized spacial score (nSPS) is 22.2. The summed E-state index contributed by atoms with van der Waals surface area (Å²) >= 11 is 1.08. The van der Waals surface area contributed by atoms with Crippen LogP contribution in [0.25, 0.3) is 0 Å². The second kappa shape index (κ2) is 5.66. The van der Waals surface area contributed by atoms with E-state index in [1.807, 2.05) is 6.92 Å². The first-order valence-electron chi connectivity index (χ1n) is 5.86. The van der Waals surface area contributed by atoms with Gasteiger partial charge in [-0.2, -0.15) is 0 Å². The largest absolute Gasteiger partial charge is 0.391 e. The molecule has 2 unspecified atom stereocenters. The van der Waals surface area contributed by atoms with Gasteiger partial charge in [-0.15, -0.1) is 11.3 Å². The fraction of sp³-hybridized carbons (Fsp3) is 0.636. The molecule has 0 saturated carbocycles. The highest BCUT2D eigenvalue weighted by Gasteiger charge is 2.27. The molecule has 0 radical (unpaired) electrons. The van der Waals surface area contributed by atoms with Gasteiger partial charge in [0.25, 0.3) is 0 Å². The molecule has 2 heterocycles. The van der Waals surface area contributed by atoms with Crippen LogP contribution in [-0.4, -0.2) is 32.3 Å². The summed E-state index contributed by atoms with van der Waals surface area (Å²) in [5.41, 5.74) is 0. The van der Waals surface area contributed by atoms with Crippen LogP contribution >= 0.6 is 11.3 Å². The van der Waals surface area contributed by atoms with Crippen molar-refractivity contribution in [1.29, 1.82) is 0 Å². The number of aliphatic hydroxyl groups excluding tert-OH is 1. The van der Waals surface area contributed by atoms with Crippen molar-refractivity contribution in [3.05, 3.63) is 17.0 Å². The maximum Gasteiger partial charge on any atom is 0.250 e. The van der Waals surface area contributed by atoms with Gasteiger partial charge < -0.3 is 9.84 Å². The van der Waals surface area contributed by atoms with Crippen molar-refractivity contribution in [2.75, 3.05) is 6.61 Å². The van der Waals surface area contributed by atoms with Gasteiger partial charge in [-0.3, -0.25) is 0 Å². The predicted octanol–water partition coefficient (Wildman–Crippen LogP) is 1.09. The molecule has 2 atom stereocenters. The molecular formula is C11H17NO4S2. The molecule has 1 aliphatic rings. The molecule has 18 heavy (non-hydrogen) atoms. The Hall–Kier alpha value is -0.470. The maximum atomic E-state index is 12.1. The summed E-state index contributed by atoms with van der Waals surface area (Å²) in [6.45, 7) is 2.37. The first-order valence-corrected chi connectivity index (χ1v) is 8.16. The molecule has 0 aromatic carbocycles. The minimum Gasteiger partial charge on any atom is -0.391 e. The zero-order valence-electron chi connectivity index (χ0n) is 10.1. The molecule has 1 saturated heterocycles. The highest BCUT2D eigenvalue weighted by molar-refractivity contribution is 7.91. The van der Waals surface area contributed by atoms with Crippen LogP contribution in [0.4, 0.5) is 0 Å². The molecule has 1 aromatic heterocycles. The summed E-state index contributed by atoms with van der Waals surface area (Å²) in [5.74, 6) is 0. The van der Waals surface area contributed by atoms with E-state index in [0.29, 0.717) is 11.5 Å². The third-order valence-corrected chi connectivity index (χ3v) is 6.04. The van der Waals surface area contributed by atoms with Gasteiger partial charge in [0.2, 0.25) is 10.0 Å². The number of rotatable bonds is 5. The molecule has 0 bridgehead atoms. The Morgan fingerprint density at radius 3 is 2.94 bits per heavy atom. The van der Waals surface area contributed by atoms with Crippen LogP contribution in [0.15, 0.2) is 16.3 Å². The third kappa shape index (κ3) is 3.10. The number of nitrogens with one attached hydrogen (secondary N) is 1. The number of hydrogen-bond donors (Lipinski definition) is 2. The number of hydrogen-bond acceptors (Lipinski definition) is 5. The van der Waals surface area contributed by atoms with Gasteiger partial charge >= 0.3 is 0 Å². The SMILES string of the molecule is CC(NS(=O)(=O)c1ccc(CO)s1)C1CCCO1. The number of sulfonamides is 1. The van der Waals surface area contributed by atoms with Crippen molar-refractivity contribution in [3.8, 4) is 0 Å². The smallest absolute Gasteiger partial charge is 0.250 e. The van der Waals surface area contributed by atoms with Gasteiger partial charge in [0.05, 0.1) is 12.7 Å². The van der Waals surface area contributed by atoms with Crippen molar-refractivity contribution in [3.63, 3.8) is 0 Å². The Morgan fingerprint density at radius 2 is 2.39 bits per heavy atom. The summed E-state index contributed by atoms with van der Waals surface area (Å²) in [7, 11) is -3.51. The van der Waals surface area contributed by atoms with Gasteiger partial charge in [0, 0.05) is 17.5 Å². The standard InChI is InChI=1S/C11H17NO4S2/c1-8(10-3-2-6-16-10)12-18(14,15)11-5-4-9(7-13)17-11/h4-5,8,10,12-13H,2-3,6-7H2,1H3. The molecule has 1 fully saturated rings. The molecule has 5 nitrogen and oxygen atoms in total. The fourth-order valence-corrected chi connectivity index (χ4v) is 4.47. The van der Waals surface area contributed by atoms with Gasteiger partial charge in [-0.25, -0.2) is 13.1 Å². The van der Waals surface area contributed by atoms with Crippen molar-refractivity contribution in [2.24, 2.45) is 0 Å². The van der Waals surface area contributed by atoms with Gasteiger partial charge in [-0.05, 0) is 31.9 Å². The van der Waals surface area contributed by atoms with E-state index in [1.54, 1.807) is 6.07 Å². The van der Waals surface area contributed by atoms with E-state index in [2.05, 4.69) is 4.72 Å². The van der Waals surface area contributed by atoms with Crippen LogP contribution in [0.2, 0.25) is 0 Å². The van der Waals surface area contributed by atoms with E-state index >= 15 is 0 Å². The quantitative estimate of drug-likeness (QED) is 0.851. The van der Waals surface area contributed by atoms with Crippen molar-refractivity contribution >= 4 is 21.4 Å². The first kappa shape index (κ1) is 14.0. The second-order valence-corrected chi connectivity index (χ2v) is 7.45. The zero-order chi connectivity index (χ0) is 13.2. The Labute approximate surface area is 111 Å². The molecule has 0 spiro atoms. The van der Waals surface area contributed by atoms with Crippen molar-refractivity contribution in [1.82, 2.24) is 4.72 Å². The average molecular weight is 291 g/mol. The molecule has 0 amide bonds. The lowest BCUT2D eigenvalue weighted by Gasteiger charge is -2.19. The Kier molecular flexibility index (Phi) is 4.39. The van der Waals surface area contributed by atoms with Crippen LogP contribution in [0, 0.1) is 0 Å². The van der Waals surface area contributed by atoms with E-state index < -0.39 is 10.0 Å². The molecule has 2 N–H and O–H groups in total. The Bertz CT molecular complexity index is 491. The summed E-state index contributed by atoms with van der Waals surface area (Å²) in [6.07, 6.45) is 1.82. The van der Waals surface area contributed by atoms with Gasteiger partial charge in [-0.1, -0.05) is 0 Å². The van der Waals surface area contributed by atoms with Crippen LogP contribution in [0.1, 0.15) is 24.6 Å². The topological polar surface area (TPSA) is 75.6 Å². The Morgan fingerprint density at radius 1 is 1.61 bits per heavy atom. The summed E-state index contributed by atoms with van der Waals surface area (Å²) in [6, 6.07) is 2.90. The lowest BCUT2D eigenvalue weighted by molar-refractivity contribution is 0.0902. The lowest BCUT2D eigenvalue weighted by atomic mass is 10.1. The molecule has 102 valence electrons. The second-order valence-electron chi connectivity index (χ2n) is 4.34. The number of thiophene rings is 1. The van der Waals surface area contributed by atoms with Gasteiger partial charge in [0.1, 0.15) is 4.21 Å². The summed E-state index contributed by atoms with van der Waals surface area (Å²) < 4.78 is 32.5. The predicted molar refractivity (Wildman–Crippen MR) is 69.0 cm³/mol. The van der Waals surface area contributed by atoms with Gasteiger partial charge in [0.15, 0.2) is 0 Å². The third-order valence-electron chi connectivity index (χ3n) is 2.92. The molecule has 7 heteroatoms. The van der Waals surface area contributed by atoms with Crippen LogP contribution in [0.5, 0.6) is 0 Å². The minimum atomic E-state index is -3.51. The van der Waals surface area contributed by atoms with Crippen molar-refractivity contribution < 1.29 is 18.3 Å². The monoisotopic (exact) mass is 291 g/mol. The molecule has 1 aliphatic heterocycles. The van der Waals surface area contributed by atoms with E-state index in [0.717, 1.165) is 24.2 Å². The number of ether oxygens (including phenoxy) is 1. The zero-order valence-corrected chi connectivity index (χ0v) is 11.8. The first-order chi connectivity index (χ1) is 8.53. The van der Waals surface area contributed by atoms with Crippen LogP contribution in [0.3, 0.4) is 0 Å². The highest BCUT2D eigenvalue weighted by atomic mass is 32.2. The molecular weight excluding hydrogens is 274 g/mol. The number of aliphatic hydroxyl groups is 1. The highest BCUT2D eigenvalue weighted by Crippen LogP contribution is 2.23. The maximum absolute atomic E-state index is 12.1. The summed E-state index contributed by atoms with van der Waals surface area (Å²) in [5, 5.41) is 8.95. The molecule has 2 rings (SSSR count).